The Kier molecular flexibility index (Phi) is 11.0. The maximum absolute atomic E-state index is 10.9. The van der Waals surface area contributed by atoms with Crippen molar-refractivity contribution in [1.82, 2.24) is 10.6 Å². The summed E-state index contributed by atoms with van der Waals surface area (Å²) in [7, 11) is 3.20. The van der Waals surface area contributed by atoms with Gasteiger partial charge in [0.15, 0.2) is 5.96 Å². The molecule has 2 N–H and O–H groups in total. The number of carbonyl (C=O) groups excluding carboxylic acids is 1. The van der Waals surface area contributed by atoms with Crippen molar-refractivity contribution in [2.45, 2.75) is 46.0 Å². The number of rotatable bonds is 9. The molecule has 0 aromatic heterocycles. The largest absolute Gasteiger partial charge is 0.469 e. The normalized spacial score (nSPS) is 11.5. The molecule has 5 heteroatoms. The fraction of sp³-hybridized carbons (Fsp3) is 0.857. The minimum absolute atomic E-state index is 0.142. The summed E-state index contributed by atoms with van der Waals surface area (Å²) in [5.74, 6) is 1.39. The van der Waals surface area contributed by atoms with E-state index in [0.29, 0.717) is 12.3 Å². The molecule has 112 valence electrons. The summed E-state index contributed by atoms with van der Waals surface area (Å²) in [4.78, 5) is 15.1. The van der Waals surface area contributed by atoms with E-state index in [2.05, 4.69) is 34.2 Å². The molecular weight excluding hydrogens is 242 g/mol. The Morgan fingerprint density at radius 2 is 1.89 bits per heavy atom. The van der Waals surface area contributed by atoms with Gasteiger partial charge < -0.3 is 15.4 Å². The van der Waals surface area contributed by atoms with Crippen molar-refractivity contribution in [2.24, 2.45) is 10.9 Å². The lowest BCUT2D eigenvalue weighted by molar-refractivity contribution is -0.140. The number of esters is 1. The van der Waals surface area contributed by atoms with E-state index >= 15 is 0 Å². The highest BCUT2D eigenvalue weighted by atomic mass is 16.5. The van der Waals surface area contributed by atoms with Crippen molar-refractivity contribution in [3.63, 3.8) is 0 Å². The third kappa shape index (κ3) is 9.33. The van der Waals surface area contributed by atoms with Gasteiger partial charge in [-0.1, -0.05) is 26.7 Å². The molecule has 0 atom stereocenters. The summed E-state index contributed by atoms with van der Waals surface area (Å²) in [5.41, 5.74) is 0. The Hall–Kier alpha value is -1.26. The van der Waals surface area contributed by atoms with Gasteiger partial charge in [-0.25, -0.2) is 0 Å². The number of aliphatic imine (C=N–C) groups is 1. The highest BCUT2D eigenvalue weighted by Crippen LogP contribution is 2.04. The van der Waals surface area contributed by atoms with E-state index in [9.17, 15) is 4.79 Å². The lowest BCUT2D eigenvalue weighted by Crippen LogP contribution is -2.40. The number of hydrogen-bond donors (Lipinski definition) is 2. The fourth-order valence-electron chi connectivity index (χ4n) is 1.74. The number of ether oxygens (including phenoxy) is 1. The van der Waals surface area contributed by atoms with E-state index < -0.39 is 0 Å². The Morgan fingerprint density at radius 1 is 1.21 bits per heavy atom. The molecule has 0 bridgehead atoms. The first-order valence-electron chi connectivity index (χ1n) is 7.19. The van der Waals surface area contributed by atoms with Gasteiger partial charge >= 0.3 is 5.97 Å². The van der Waals surface area contributed by atoms with Crippen molar-refractivity contribution in [3.8, 4) is 0 Å². The molecule has 19 heavy (non-hydrogen) atoms. The van der Waals surface area contributed by atoms with E-state index in [4.69, 9.17) is 0 Å². The van der Waals surface area contributed by atoms with Gasteiger partial charge in [0.1, 0.15) is 0 Å². The van der Waals surface area contributed by atoms with Gasteiger partial charge in [0.25, 0.3) is 0 Å². The highest BCUT2D eigenvalue weighted by Gasteiger charge is 2.04. The van der Waals surface area contributed by atoms with Gasteiger partial charge in [0, 0.05) is 26.6 Å². The number of guanidine groups is 1. The van der Waals surface area contributed by atoms with E-state index in [1.807, 2.05) is 0 Å². The Bertz CT molecular complexity index is 263. The summed E-state index contributed by atoms with van der Waals surface area (Å²) in [6.07, 6.45) is 4.61. The van der Waals surface area contributed by atoms with Crippen LogP contribution >= 0.6 is 0 Å². The van der Waals surface area contributed by atoms with Crippen LogP contribution in [0.3, 0.4) is 0 Å². The molecule has 0 spiro atoms. The molecule has 0 amide bonds. The van der Waals surface area contributed by atoms with Gasteiger partial charge in [-0.3, -0.25) is 9.79 Å². The molecule has 0 aliphatic carbocycles. The van der Waals surface area contributed by atoms with Crippen LogP contribution in [-0.2, 0) is 9.53 Å². The van der Waals surface area contributed by atoms with E-state index in [1.54, 1.807) is 7.05 Å². The monoisotopic (exact) mass is 271 g/mol. The Balaban J connectivity index is 3.68. The second-order valence-electron chi connectivity index (χ2n) is 4.60. The summed E-state index contributed by atoms with van der Waals surface area (Å²) in [6.45, 7) is 6.19. The lowest BCUT2D eigenvalue weighted by atomic mass is 10.0. The molecule has 0 saturated heterocycles. The van der Waals surface area contributed by atoms with Crippen LogP contribution in [-0.4, -0.2) is 39.2 Å². The summed E-state index contributed by atoms with van der Waals surface area (Å²) < 4.78 is 4.59. The summed E-state index contributed by atoms with van der Waals surface area (Å²) in [5, 5.41) is 6.58. The van der Waals surface area contributed by atoms with Crippen LogP contribution in [0.2, 0.25) is 0 Å². The van der Waals surface area contributed by atoms with Gasteiger partial charge in [0.2, 0.25) is 0 Å². The highest BCUT2D eigenvalue weighted by molar-refractivity contribution is 5.79. The first-order chi connectivity index (χ1) is 9.17. The number of carbonyl (C=O) groups is 1. The minimum Gasteiger partial charge on any atom is -0.469 e. The Morgan fingerprint density at radius 3 is 2.42 bits per heavy atom. The Labute approximate surface area is 117 Å². The lowest BCUT2D eigenvalue weighted by Gasteiger charge is -2.16. The smallest absolute Gasteiger partial charge is 0.305 e. The third-order valence-electron chi connectivity index (χ3n) is 3.26. The molecule has 0 aliphatic heterocycles. The summed E-state index contributed by atoms with van der Waals surface area (Å²) >= 11 is 0. The fourth-order valence-corrected chi connectivity index (χ4v) is 1.74. The molecule has 0 heterocycles. The molecular formula is C14H29N3O2. The maximum Gasteiger partial charge on any atom is 0.305 e. The van der Waals surface area contributed by atoms with Crippen molar-refractivity contribution >= 4 is 11.9 Å². The number of methoxy groups -OCH3 is 1. The average Bonchev–Trinajstić information content (AvgIpc) is 2.45. The van der Waals surface area contributed by atoms with Crippen molar-refractivity contribution in [1.29, 1.82) is 0 Å². The molecule has 0 radical (unpaired) electrons. The first kappa shape index (κ1) is 17.7. The standard InChI is InChI=1S/C14H29N3O2/c1-5-12(6-2)11-17-14(15-3)16-10-8-7-9-13(18)19-4/h12H,5-11H2,1-4H3,(H2,15,16,17). The van der Waals surface area contributed by atoms with Crippen LogP contribution < -0.4 is 10.6 Å². The van der Waals surface area contributed by atoms with Crippen LogP contribution in [0.4, 0.5) is 0 Å². The van der Waals surface area contributed by atoms with Crippen LogP contribution in [0.5, 0.6) is 0 Å². The minimum atomic E-state index is -0.142. The molecule has 0 fully saturated rings. The van der Waals surface area contributed by atoms with Crippen LogP contribution in [0, 0.1) is 5.92 Å². The van der Waals surface area contributed by atoms with Crippen molar-refractivity contribution < 1.29 is 9.53 Å². The third-order valence-corrected chi connectivity index (χ3v) is 3.26. The molecule has 0 aromatic rings. The molecule has 0 saturated carbocycles. The molecule has 0 unspecified atom stereocenters. The molecule has 0 rings (SSSR count). The molecule has 0 aliphatic rings. The van der Waals surface area contributed by atoms with Gasteiger partial charge in [-0.05, 0) is 18.8 Å². The van der Waals surface area contributed by atoms with Crippen LogP contribution in [0.1, 0.15) is 46.0 Å². The quantitative estimate of drug-likeness (QED) is 0.291. The second-order valence-corrected chi connectivity index (χ2v) is 4.60. The van der Waals surface area contributed by atoms with Gasteiger partial charge in [0.05, 0.1) is 7.11 Å². The number of nitrogens with one attached hydrogen (secondary N) is 2. The average molecular weight is 271 g/mol. The number of hydrogen-bond acceptors (Lipinski definition) is 3. The predicted molar refractivity (Wildman–Crippen MR) is 79.3 cm³/mol. The van der Waals surface area contributed by atoms with E-state index in [1.165, 1.54) is 20.0 Å². The number of nitrogens with zero attached hydrogens (tertiary/aromatic N) is 1. The predicted octanol–water partition coefficient (Wildman–Crippen LogP) is 1.93. The maximum atomic E-state index is 10.9. The number of unbranched alkanes of at least 4 members (excludes halogenated alkanes) is 1. The summed E-state index contributed by atoms with van der Waals surface area (Å²) in [6, 6.07) is 0. The van der Waals surface area contributed by atoms with Gasteiger partial charge in [-0.2, -0.15) is 0 Å². The SMILES string of the molecule is CCC(CC)CNC(=NC)NCCCCC(=O)OC. The zero-order chi connectivity index (χ0) is 14.5. The van der Waals surface area contributed by atoms with Gasteiger partial charge in [-0.15, -0.1) is 0 Å². The second kappa shape index (κ2) is 11.8. The van der Waals surface area contributed by atoms with Crippen molar-refractivity contribution in [3.05, 3.63) is 0 Å². The first-order valence-corrected chi connectivity index (χ1v) is 7.19. The zero-order valence-corrected chi connectivity index (χ0v) is 12.8. The van der Waals surface area contributed by atoms with E-state index in [0.717, 1.165) is 31.9 Å². The zero-order valence-electron chi connectivity index (χ0n) is 12.8. The topological polar surface area (TPSA) is 62.7 Å². The van der Waals surface area contributed by atoms with Crippen molar-refractivity contribution in [2.75, 3.05) is 27.2 Å². The van der Waals surface area contributed by atoms with Crippen LogP contribution in [0.15, 0.2) is 4.99 Å². The van der Waals surface area contributed by atoms with E-state index in [-0.39, 0.29) is 5.97 Å². The molecule has 0 aromatic carbocycles. The molecule has 5 nitrogen and oxygen atoms in total. The van der Waals surface area contributed by atoms with Crippen LogP contribution in [0.25, 0.3) is 0 Å².